The summed E-state index contributed by atoms with van der Waals surface area (Å²) in [4.78, 5) is 7.80. The molecule has 2 aromatic heterocycles. The molecule has 0 aliphatic carbocycles. The lowest BCUT2D eigenvalue weighted by Gasteiger charge is -1.99. The van der Waals surface area contributed by atoms with Gasteiger partial charge in [-0.2, -0.15) is 14.6 Å². The molecule has 1 aromatic carbocycles. The second-order valence-corrected chi connectivity index (χ2v) is 3.83. The topological polar surface area (TPSA) is 63.3 Å². The van der Waals surface area contributed by atoms with Crippen LogP contribution in [-0.2, 0) is 0 Å². The van der Waals surface area contributed by atoms with E-state index in [1.54, 1.807) is 6.20 Å². The monoisotopic (exact) mass is 226 g/mol. The summed E-state index contributed by atoms with van der Waals surface area (Å²) in [6, 6.07) is 7.91. The van der Waals surface area contributed by atoms with E-state index in [0.717, 1.165) is 11.1 Å². The molecule has 17 heavy (non-hydrogen) atoms. The normalized spacial score (nSPS) is 10.9. The molecular weight excluding hydrogens is 216 g/mol. The van der Waals surface area contributed by atoms with E-state index in [0.29, 0.717) is 5.65 Å². The highest BCUT2D eigenvalue weighted by atomic mass is 16.3. The molecule has 0 spiro atoms. The Labute approximate surface area is 97.4 Å². The lowest BCUT2D eigenvalue weighted by Crippen LogP contribution is -1.93. The van der Waals surface area contributed by atoms with E-state index in [9.17, 15) is 5.11 Å². The van der Waals surface area contributed by atoms with Gasteiger partial charge in [-0.15, -0.1) is 0 Å². The summed E-state index contributed by atoms with van der Waals surface area (Å²) >= 11 is 0. The van der Waals surface area contributed by atoms with E-state index >= 15 is 0 Å². The molecule has 0 unspecified atom stereocenters. The number of hydrogen-bond acceptors (Lipinski definition) is 4. The van der Waals surface area contributed by atoms with Crippen LogP contribution in [0, 0.1) is 6.92 Å². The minimum Gasteiger partial charge on any atom is -0.479 e. The molecule has 0 radical (unpaired) electrons. The van der Waals surface area contributed by atoms with Gasteiger partial charge in [0, 0.05) is 5.56 Å². The third-order valence-electron chi connectivity index (χ3n) is 2.65. The molecule has 0 aliphatic rings. The van der Waals surface area contributed by atoms with E-state index in [2.05, 4.69) is 15.1 Å². The van der Waals surface area contributed by atoms with Crippen molar-refractivity contribution in [3.63, 3.8) is 0 Å². The number of aryl methyl sites for hydroxylation is 1. The summed E-state index contributed by atoms with van der Waals surface area (Å²) in [6.45, 7) is 2.04. The maximum Gasteiger partial charge on any atom is 0.318 e. The first kappa shape index (κ1) is 9.77. The van der Waals surface area contributed by atoms with Crippen molar-refractivity contribution in [3.8, 4) is 17.1 Å². The standard InChI is InChI=1S/C12H10N4O/c1-8-2-4-9(5-3-8)10-6-15-16-11(10)13-7-14-12(16)17/h2-7H,1H3,(H,13,14,17). The number of fused-ring (bicyclic) bond motifs is 1. The number of aromatic hydroxyl groups is 1. The Morgan fingerprint density at radius 3 is 2.65 bits per heavy atom. The van der Waals surface area contributed by atoms with E-state index < -0.39 is 0 Å². The molecule has 84 valence electrons. The molecular formula is C12H10N4O. The van der Waals surface area contributed by atoms with Gasteiger partial charge in [0.05, 0.1) is 6.20 Å². The lowest BCUT2D eigenvalue weighted by molar-refractivity contribution is 0.411. The third kappa shape index (κ3) is 1.52. The maximum atomic E-state index is 9.52. The van der Waals surface area contributed by atoms with Gasteiger partial charge >= 0.3 is 6.01 Å². The number of rotatable bonds is 1. The van der Waals surface area contributed by atoms with Crippen LogP contribution in [0.3, 0.4) is 0 Å². The van der Waals surface area contributed by atoms with Crippen LogP contribution in [0.25, 0.3) is 16.8 Å². The lowest BCUT2D eigenvalue weighted by atomic mass is 10.1. The summed E-state index contributed by atoms with van der Waals surface area (Å²) in [5.74, 6) is 0. The summed E-state index contributed by atoms with van der Waals surface area (Å²) < 4.78 is 1.31. The van der Waals surface area contributed by atoms with Crippen molar-refractivity contribution < 1.29 is 5.11 Å². The molecule has 2 heterocycles. The van der Waals surface area contributed by atoms with Gasteiger partial charge < -0.3 is 5.11 Å². The van der Waals surface area contributed by atoms with E-state index in [4.69, 9.17) is 0 Å². The van der Waals surface area contributed by atoms with Crippen molar-refractivity contribution in [1.82, 2.24) is 19.6 Å². The Morgan fingerprint density at radius 1 is 1.12 bits per heavy atom. The Hall–Kier alpha value is -2.43. The molecule has 0 atom stereocenters. The van der Waals surface area contributed by atoms with Crippen molar-refractivity contribution in [2.45, 2.75) is 6.92 Å². The van der Waals surface area contributed by atoms with E-state index in [-0.39, 0.29) is 6.01 Å². The molecule has 3 rings (SSSR count). The fourth-order valence-electron chi connectivity index (χ4n) is 1.74. The highest BCUT2D eigenvalue weighted by molar-refractivity contribution is 5.77. The van der Waals surface area contributed by atoms with Crippen LogP contribution in [0.4, 0.5) is 0 Å². The van der Waals surface area contributed by atoms with Crippen LogP contribution in [0.1, 0.15) is 5.56 Å². The molecule has 5 heteroatoms. The van der Waals surface area contributed by atoms with Crippen LogP contribution in [0.15, 0.2) is 36.8 Å². The van der Waals surface area contributed by atoms with Crippen molar-refractivity contribution in [3.05, 3.63) is 42.4 Å². The maximum absolute atomic E-state index is 9.52. The second-order valence-electron chi connectivity index (χ2n) is 3.83. The van der Waals surface area contributed by atoms with Gasteiger partial charge in [-0.05, 0) is 12.5 Å². The zero-order chi connectivity index (χ0) is 11.8. The van der Waals surface area contributed by atoms with Gasteiger partial charge in [0.25, 0.3) is 0 Å². The van der Waals surface area contributed by atoms with Crippen molar-refractivity contribution in [2.75, 3.05) is 0 Å². The summed E-state index contributed by atoms with van der Waals surface area (Å²) in [6.07, 6.45) is 3.00. The smallest absolute Gasteiger partial charge is 0.318 e. The summed E-state index contributed by atoms with van der Waals surface area (Å²) in [7, 11) is 0. The summed E-state index contributed by atoms with van der Waals surface area (Å²) in [5, 5.41) is 13.6. The second kappa shape index (κ2) is 3.55. The molecule has 0 amide bonds. The highest BCUT2D eigenvalue weighted by Crippen LogP contribution is 2.24. The average Bonchev–Trinajstić information content (AvgIpc) is 2.75. The molecule has 1 N–H and O–H groups in total. The van der Waals surface area contributed by atoms with Crippen LogP contribution < -0.4 is 0 Å². The van der Waals surface area contributed by atoms with Gasteiger partial charge in [0.1, 0.15) is 6.33 Å². The molecule has 0 bridgehead atoms. The minimum atomic E-state index is -0.159. The quantitative estimate of drug-likeness (QED) is 0.687. The number of aromatic nitrogens is 4. The van der Waals surface area contributed by atoms with Crippen LogP contribution in [0.5, 0.6) is 6.01 Å². The Morgan fingerprint density at radius 2 is 1.88 bits per heavy atom. The van der Waals surface area contributed by atoms with Gasteiger partial charge in [-0.3, -0.25) is 0 Å². The first-order chi connectivity index (χ1) is 8.25. The fraction of sp³-hybridized carbons (Fsp3) is 0.0833. The first-order valence-corrected chi connectivity index (χ1v) is 5.20. The zero-order valence-corrected chi connectivity index (χ0v) is 9.20. The molecule has 3 aromatic rings. The molecule has 0 fully saturated rings. The third-order valence-corrected chi connectivity index (χ3v) is 2.65. The SMILES string of the molecule is Cc1ccc(-c2cnn3c(O)ncnc23)cc1. The van der Waals surface area contributed by atoms with Gasteiger partial charge in [-0.1, -0.05) is 29.8 Å². The molecule has 5 nitrogen and oxygen atoms in total. The average molecular weight is 226 g/mol. The summed E-state index contributed by atoms with van der Waals surface area (Å²) in [5.41, 5.74) is 3.69. The van der Waals surface area contributed by atoms with Crippen LogP contribution >= 0.6 is 0 Å². The van der Waals surface area contributed by atoms with Gasteiger partial charge in [0.2, 0.25) is 0 Å². The highest BCUT2D eigenvalue weighted by Gasteiger charge is 2.10. The predicted molar refractivity (Wildman–Crippen MR) is 62.6 cm³/mol. The van der Waals surface area contributed by atoms with E-state index in [1.165, 1.54) is 16.4 Å². The molecule has 0 saturated carbocycles. The Bertz CT molecular complexity index is 673. The van der Waals surface area contributed by atoms with Crippen molar-refractivity contribution >= 4 is 5.65 Å². The predicted octanol–water partition coefficient (Wildman–Crippen LogP) is 1.81. The van der Waals surface area contributed by atoms with Gasteiger partial charge in [0.15, 0.2) is 5.65 Å². The molecule has 0 saturated heterocycles. The van der Waals surface area contributed by atoms with Crippen LogP contribution in [-0.4, -0.2) is 24.7 Å². The number of benzene rings is 1. The Kier molecular flexibility index (Phi) is 2.04. The Balaban J connectivity index is 2.24. The van der Waals surface area contributed by atoms with E-state index in [1.807, 2.05) is 31.2 Å². The van der Waals surface area contributed by atoms with Crippen molar-refractivity contribution in [1.29, 1.82) is 0 Å². The van der Waals surface area contributed by atoms with Crippen LogP contribution in [0.2, 0.25) is 0 Å². The zero-order valence-electron chi connectivity index (χ0n) is 9.20. The fourth-order valence-corrected chi connectivity index (χ4v) is 1.74. The molecule has 0 aliphatic heterocycles. The largest absolute Gasteiger partial charge is 0.479 e. The number of hydrogen-bond donors (Lipinski definition) is 1. The van der Waals surface area contributed by atoms with Gasteiger partial charge in [-0.25, -0.2) is 4.98 Å². The first-order valence-electron chi connectivity index (χ1n) is 5.20. The van der Waals surface area contributed by atoms with Crippen molar-refractivity contribution in [2.24, 2.45) is 0 Å². The minimum absolute atomic E-state index is 0.159. The number of nitrogens with zero attached hydrogens (tertiary/aromatic N) is 4.